The van der Waals surface area contributed by atoms with Crippen molar-refractivity contribution in [1.29, 1.82) is 0 Å². The van der Waals surface area contributed by atoms with Crippen molar-refractivity contribution < 1.29 is 9.53 Å². The molecule has 160 valence electrons. The number of anilines is 2. The summed E-state index contributed by atoms with van der Waals surface area (Å²) < 4.78 is 5.62. The molecule has 31 heavy (non-hydrogen) atoms. The molecule has 0 aliphatic carbocycles. The Morgan fingerprint density at radius 3 is 2.55 bits per heavy atom. The minimum Gasteiger partial charge on any atom is -0.492 e. The molecule has 7 heteroatoms. The van der Waals surface area contributed by atoms with Crippen molar-refractivity contribution in [2.75, 3.05) is 29.9 Å². The van der Waals surface area contributed by atoms with E-state index in [1.165, 1.54) is 0 Å². The number of para-hydroxylation sites is 2. The number of carbonyl (C=O) groups is 1. The van der Waals surface area contributed by atoms with Gasteiger partial charge in [-0.15, -0.1) is 0 Å². The number of benzene rings is 2. The molecule has 2 heterocycles. The Kier molecular flexibility index (Phi) is 7.04. The molecule has 3 aromatic rings. The second-order valence-corrected chi connectivity index (χ2v) is 8.34. The third-order valence-corrected chi connectivity index (χ3v) is 6.20. The van der Waals surface area contributed by atoms with Crippen molar-refractivity contribution >= 4 is 29.2 Å². The molecule has 0 saturated carbocycles. The Morgan fingerprint density at radius 1 is 1.06 bits per heavy atom. The van der Waals surface area contributed by atoms with Crippen LogP contribution in [0.15, 0.2) is 76.9 Å². The van der Waals surface area contributed by atoms with E-state index in [1.54, 1.807) is 24.2 Å². The Bertz CT molecular complexity index is 1010. The predicted molar refractivity (Wildman–Crippen MR) is 124 cm³/mol. The smallest absolute Gasteiger partial charge is 0.227 e. The van der Waals surface area contributed by atoms with Crippen molar-refractivity contribution in [3.63, 3.8) is 0 Å². The highest BCUT2D eigenvalue weighted by Crippen LogP contribution is 2.34. The van der Waals surface area contributed by atoms with E-state index in [2.05, 4.69) is 32.3 Å². The maximum Gasteiger partial charge on any atom is 0.227 e. The van der Waals surface area contributed by atoms with Crippen LogP contribution in [-0.2, 0) is 4.79 Å². The van der Waals surface area contributed by atoms with E-state index >= 15 is 0 Å². The average Bonchev–Trinajstić information content (AvgIpc) is 2.82. The first kappa shape index (κ1) is 21.2. The zero-order valence-corrected chi connectivity index (χ0v) is 18.3. The van der Waals surface area contributed by atoms with Crippen molar-refractivity contribution in [3.05, 3.63) is 67.0 Å². The van der Waals surface area contributed by atoms with Crippen molar-refractivity contribution in [2.24, 2.45) is 5.92 Å². The van der Waals surface area contributed by atoms with E-state index in [1.807, 2.05) is 49.4 Å². The molecule has 2 aromatic carbocycles. The fraction of sp³-hybridized carbons (Fsp3) is 0.292. The highest BCUT2D eigenvalue weighted by atomic mass is 32.2. The summed E-state index contributed by atoms with van der Waals surface area (Å²) in [5, 5.41) is 3.94. The monoisotopic (exact) mass is 434 g/mol. The summed E-state index contributed by atoms with van der Waals surface area (Å²) in [4.78, 5) is 25.4. The summed E-state index contributed by atoms with van der Waals surface area (Å²) in [6.45, 7) is 4.04. The lowest BCUT2D eigenvalue weighted by molar-refractivity contribution is -0.120. The molecule has 6 nitrogen and oxygen atoms in total. The van der Waals surface area contributed by atoms with Crippen LogP contribution in [-0.4, -0.2) is 35.6 Å². The molecule has 0 spiro atoms. The fourth-order valence-electron chi connectivity index (χ4n) is 3.65. The normalized spacial score (nSPS) is 14.3. The van der Waals surface area contributed by atoms with E-state index in [0.29, 0.717) is 12.4 Å². The quantitative estimate of drug-likeness (QED) is 0.572. The van der Waals surface area contributed by atoms with Crippen LogP contribution in [0, 0.1) is 5.92 Å². The standard InChI is InChI=1S/C24H26N4O2S/c1-2-30-21-11-7-6-10-20(21)27-23(29)18-12-16-28(17-13-18)22-24(26-15-14-25-22)31-19-8-4-3-5-9-19/h3-11,14-15,18H,2,12-13,16-17H2,1H3,(H,27,29). The van der Waals surface area contributed by atoms with Gasteiger partial charge in [-0.25, -0.2) is 9.97 Å². The number of hydrogen-bond donors (Lipinski definition) is 1. The largest absolute Gasteiger partial charge is 0.492 e. The Morgan fingerprint density at radius 2 is 1.77 bits per heavy atom. The van der Waals surface area contributed by atoms with Crippen LogP contribution in [0.25, 0.3) is 0 Å². The fourth-order valence-corrected chi connectivity index (χ4v) is 4.55. The van der Waals surface area contributed by atoms with Gasteiger partial charge in [-0.05, 0) is 44.0 Å². The van der Waals surface area contributed by atoms with Gasteiger partial charge in [0.25, 0.3) is 0 Å². The molecule has 0 bridgehead atoms. The summed E-state index contributed by atoms with van der Waals surface area (Å²) >= 11 is 1.61. The number of amides is 1. The molecule has 1 fully saturated rings. The number of aromatic nitrogens is 2. The molecular formula is C24H26N4O2S. The van der Waals surface area contributed by atoms with Crippen molar-refractivity contribution in [3.8, 4) is 5.75 Å². The Balaban J connectivity index is 1.39. The highest BCUT2D eigenvalue weighted by Gasteiger charge is 2.27. The molecule has 1 N–H and O–H groups in total. The molecule has 1 aliphatic rings. The second kappa shape index (κ2) is 10.3. The third kappa shape index (κ3) is 5.35. The van der Waals surface area contributed by atoms with Gasteiger partial charge in [0.05, 0.1) is 12.3 Å². The summed E-state index contributed by atoms with van der Waals surface area (Å²) in [6, 6.07) is 17.8. The minimum absolute atomic E-state index is 0.0344. The number of hydrogen-bond acceptors (Lipinski definition) is 6. The summed E-state index contributed by atoms with van der Waals surface area (Å²) in [6.07, 6.45) is 5.00. The lowest BCUT2D eigenvalue weighted by Crippen LogP contribution is -2.39. The molecule has 1 aliphatic heterocycles. The van der Waals surface area contributed by atoms with Gasteiger partial charge in [-0.3, -0.25) is 4.79 Å². The van der Waals surface area contributed by atoms with E-state index in [9.17, 15) is 4.79 Å². The second-order valence-electron chi connectivity index (χ2n) is 7.28. The highest BCUT2D eigenvalue weighted by molar-refractivity contribution is 7.99. The van der Waals surface area contributed by atoms with Gasteiger partial charge in [-0.1, -0.05) is 42.1 Å². The molecule has 1 amide bonds. The van der Waals surface area contributed by atoms with Gasteiger partial charge in [0.2, 0.25) is 5.91 Å². The Labute approximate surface area is 187 Å². The number of ether oxygens (including phenoxy) is 1. The van der Waals surface area contributed by atoms with E-state index in [4.69, 9.17) is 4.74 Å². The van der Waals surface area contributed by atoms with E-state index < -0.39 is 0 Å². The van der Waals surface area contributed by atoms with Crippen LogP contribution >= 0.6 is 11.8 Å². The zero-order chi connectivity index (χ0) is 21.5. The number of rotatable bonds is 7. The van der Waals surface area contributed by atoms with Crippen LogP contribution in [0.4, 0.5) is 11.5 Å². The molecule has 0 unspecified atom stereocenters. The van der Waals surface area contributed by atoms with Crippen LogP contribution in [0.3, 0.4) is 0 Å². The van der Waals surface area contributed by atoms with Crippen molar-refractivity contribution in [2.45, 2.75) is 29.7 Å². The topological polar surface area (TPSA) is 67.3 Å². The maximum absolute atomic E-state index is 12.9. The average molecular weight is 435 g/mol. The number of nitrogens with zero attached hydrogens (tertiary/aromatic N) is 3. The zero-order valence-electron chi connectivity index (χ0n) is 17.5. The first-order valence-electron chi connectivity index (χ1n) is 10.6. The van der Waals surface area contributed by atoms with Gasteiger partial charge >= 0.3 is 0 Å². The molecule has 1 aromatic heterocycles. The summed E-state index contributed by atoms with van der Waals surface area (Å²) in [5.41, 5.74) is 0.729. The number of nitrogens with one attached hydrogen (secondary N) is 1. The predicted octanol–water partition coefficient (Wildman–Crippen LogP) is 4.88. The van der Waals surface area contributed by atoms with Gasteiger partial charge < -0.3 is 15.0 Å². The minimum atomic E-state index is -0.0344. The van der Waals surface area contributed by atoms with E-state index in [-0.39, 0.29) is 11.8 Å². The van der Waals surface area contributed by atoms with Crippen LogP contribution in [0.2, 0.25) is 0 Å². The van der Waals surface area contributed by atoms with Gasteiger partial charge in [0.15, 0.2) is 5.82 Å². The lowest BCUT2D eigenvalue weighted by atomic mass is 9.96. The van der Waals surface area contributed by atoms with E-state index in [0.717, 1.165) is 47.4 Å². The number of carbonyl (C=O) groups excluding carboxylic acids is 1. The first-order chi connectivity index (χ1) is 15.2. The summed E-state index contributed by atoms with van der Waals surface area (Å²) in [5.74, 6) is 1.60. The number of piperidine rings is 1. The third-order valence-electron chi connectivity index (χ3n) is 5.21. The van der Waals surface area contributed by atoms with Gasteiger partial charge in [0.1, 0.15) is 10.8 Å². The van der Waals surface area contributed by atoms with Crippen LogP contribution in [0.1, 0.15) is 19.8 Å². The van der Waals surface area contributed by atoms with Gasteiger partial charge in [0, 0.05) is 36.3 Å². The van der Waals surface area contributed by atoms with Crippen LogP contribution in [0.5, 0.6) is 5.75 Å². The molecule has 0 atom stereocenters. The maximum atomic E-state index is 12.9. The molecular weight excluding hydrogens is 408 g/mol. The lowest BCUT2D eigenvalue weighted by Gasteiger charge is -2.32. The van der Waals surface area contributed by atoms with Gasteiger partial charge in [-0.2, -0.15) is 0 Å². The first-order valence-corrected chi connectivity index (χ1v) is 11.4. The molecule has 0 radical (unpaired) electrons. The van der Waals surface area contributed by atoms with Crippen molar-refractivity contribution in [1.82, 2.24) is 9.97 Å². The molecule has 4 rings (SSSR count). The van der Waals surface area contributed by atoms with Crippen LogP contribution < -0.4 is 15.0 Å². The summed E-state index contributed by atoms with van der Waals surface area (Å²) in [7, 11) is 0. The SMILES string of the molecule is CCOc1ccccc1NC(=O)C1CCN(c2nccnc2Sc2ccccc2)CC1. The molecule has 1 saturated heterocycles. The Hall–Kier alpha value is -3.06.